The van der Waals surface area contributed by atoms with Gasteiger partial charge in [-0.1, -0.05) is 0 Å². The summed E-state index contributed by atoms with van der Waals surface area (Å²) in [5, 5.41) is 3.10. The number of likely N-dealkylation sites (N-methyl/N-ethyl adjacent to an activating group) is 1. The van der Waals surface area contributed by atoms with Crippen molar-refractivity contribution in [3.8, 4) is 5.75 Å². The van der Waals surface area contributed by atoms with Crippen molar-refractivity contribution in [2.45, 2.75) is 32.4 Å². The summed E-state index contributed by atoms with van der Waals surface area (Å²) in [6, 6.07) is 8.34. The molecule has 0 radical (unpaired) electrons. The van der Waals surface area contributed by atoms with Crippen molar-refractivity contribution in [2.75, 3.05) is 20.7 Å². The van der Waals surface area contributed by atoms with Gasteiger partial charge in [0.1, 0.15) is 12.3 Å². The molecule has 0 aliphatic heterocycles. The Morgan fingerprint density at radius 3 is 2.60 bits per heavy atom. The van der Waals surface area contributed by atoms with E-state index in [0.29, 0.717) is 18.5 Å². The first-order chi connectivity index (χ1) is 9.58. The van der Waals surface area contributed by atoms with Gasteiger partial charge in [0, 0.05) is 11.6 Å². The summed E-state index contributed by atoms with van der Waals surface area (Å²) < 4.78 is 5.14. The fourth-order valence-corrected chi connectivity index (χ4v) is 2.45. The van der Waals surface area contributed by atoms with Crippen LogP contribution >= 0.6 is 0 Å². The number of nitrogens with one attached hydrogen (secondary N) is 2. The number of carbonyl (C=O) groups is 1. The number of quaternary nitrogens is 1. The van der Waals surface area contributed by atoms with Crippen LogP contribution in [0, 0.1) is 5.92 Å². The van der Waals surface area contributed by atoms with Crippen LogP contribution in [0.1, 0.15) is 25.3 Å². The van der Waals surface area contributed by atoms with Crippen molar-refractivity contribution in [1.82, 2.24) is 5.32 Å². The van der Waals surface area contributed by atoms with E-state index in [4.69, 9.17) is 4.74 Å². The molecule has 2 rings (SSSR count). The lowest BCUT2D eigenvalue weighted by atomic mass is 10.2. The number of ether oxygens (including phenoxy) is 1. The van der Waals surface area contributed by atoms with Gasteiger partial charge < -0.3 is 15.0 Å². The van der Waals surface area contributed by atoms with Crippen molar-refractivity contribution in [3.63, 3.8) is 0 Å². The first-order valence-corrected chi connectivity index (χ1v) is 7.32. The van der Waals surface area contributed by atoms with E-state index in [1.165, 1.54) is 23.3 Å². The first-order valence-electron chi connectivity index (χ1n) is 7.32. The van der Waals surface area contributed by atoms with Crippen molar-refractivity contribution in [1.29, 1.82) is 0 Å². The second-order valence-corrected chi connectivity index (χ2v) is 5.85. The molecule has 1 saturated carbocycles. The van der Waals surface area contributed by atoms with Crippen molar-refractivity contribution < 1.29 is 14.4 Å². The van der Waals surface area contributed by atoms with Gasteiger partial charge in [0.15, 0.2) is 6.54 Å². The molecule has 2 atom stereocenters. The predicted molar refractivity (Wildman–Crippen MR) is 78.8 cm³/mol. The molecule has 1 amide bonds. The third-order valence-corrected chi connectivity index (χ3v) is 3.85. The highest BCUT2D eigenvalue weighted by atomic mass is 16.5. The summed E-state index contributed by atoms with van der Waals surface area (Å²) in [5.74, 6) is 1.72. The quantitative estimate of drug-likeness (QED) is 0.767. The van der Waals surface area contributed by atoms with Gasteiger partial charge in [-0.25, -0.2) is 0 Å². The van der Waals surface area contributed by atoms with E-state index in [1.807, 2.05) is 31.3 Å². The molecule has 110 valence electrons. The highest BCUT2D eigenvalue weighted by Crippen LogP contribution is 2.32. The number of amides is 1. The van der Waals surface area contributed by atoms with Crippen LogP contribution in [0.25, 0.3) is 0 Å². The lowest BCUT2D eigenvalue weighted by Crippen LogP contribution is -3.09. The number of benzene rings is 1. The zero-order valence-electron chi connectivity index (χ0n) is 12.6. The van der Waals surface area contributed by atoms with Gasteiger partial charge in [0.05, 0.1) is 14.2 Å². The monoisotopic (exact) mass is 277 g/mol. The van der Waals surface area contributed by atoms with Crippen LogP contribution in [0.4, 0.5) is 0 Å². The molecular weight excluding hydrogens is 252 g/mol. The maximum absolute atomic E-state index is 11.9. The molecule has 1 unspecified atom stereocenters. The Hall–Kier alpha value is -1.55. The highest BCUT2D eigenvalue weighted by molar-refractivity contribution is 5.77. The molecule has 0 saturated heterocycles. The lowest BCUT2D eigenvalue weighted by Gasteiger charge is -2.17. The van der Waals surface area contributed by atoms with Crippen LogP contribution in [0.2, 0.25) is 0 Å². The molecule has 0 heterocycles. The van der Waals surface area contributed by atoms with Crippen LogP contribution in [0.15, 0.2) is 24.3 Å². The summed E-state index contributed by atoms with van der Waals surface area (Å²) in [4.78, 5) is 13.1. The Morgan fingerprint density at radius 2 is 2.05 bits per heavy atom. The number of carbonyl (C=O) groups excluding carboxylic acids is 1. The Balaban J connectivity index is 1.75. The Bertz CT molecular complexity index is 440. The molecule has 2 N–H and O–H groups in total. The molecule has 0 bridgehead atoms. The van der Waals surface area contributed by atoms with Gasteiger partial charge in [-0.05, 0) is 49.9 Å². The molecule has 1 fully saturated rings. The number of rotatable bonds is 7. The van der Waals surface area contributed by atoms with E-state index in [1.54, 1.807) is 7.11 Å². The summed E-state index contributed by atoms with van der Waals surface area (Å²) in [6.45, 7) is 3.46. The van der Waals surface area contributed by atoms with Gasteiger partial charge in [-0.2, -0.15) is 0 Å². The zero-order valence-corrected chi connectivity index (χ0v) is 12.6. The van der Waals surface area contributed by atoms with E-state index in [0.717, 1.165) is 12.3 Å². The third kappa shape index (κ3) is 4.53. The molecule has 1 aliphatic carbocycles. The second-order valence-electron chi connectivity index (χ2n) is 5.85. The second kappa shape index (κ2) is 6.75. The van der Waals surface area contributed by atoms with Gasteiger partial charge in [-0.15, -0.1) is 0 Å². The molecule has 4 heteroatoms. The van der Waals surface area contributed by atoms with Crippen molar-refractivity contribution >= 4 is 5.91 Å². The summed E-state index contributed by atoms with van der Waals surface area (Å²) in [6.07, 6.45) is 2.52. The van der Waals surface area contributed by atoms with E-state index in [2.05, 4.69) is 12.2 Å². The fourth-order valence-electron chi connectivity index (χ4n) is 2.45. The van der Waals surface area contributed by atoms with E-state index in [9.17, 15) is 4.79 Å². The Morgan fingerprint density at radius 1 is 1.40 bits per heavy atom. The van der Waals surface area contributed by atoms with E-state index >= 15 is 0 Å². The molecule has 20 heavy (non-hydrogen) atoms. The highest BCUT2D eigenvalue weighted by Gasteiger charge is 2.29. The van der Waals surface area contributed by atoms with Crippen molar-refractivity contribution in [3.05, 3.63) is 29.8 Å². The normalized spacial score (nSPS) is 17.4. The number of methoxy groups -OCH3 is 1. The lowest BCUT2D eigenvalue weighted by molar-refractivity contribution is -0.885. The maximum atomic E-state index is 11.9. The van der Waals surface area contributed by atoms with Crippen LogP contribution in [-0.2, 0) is 11.3 Å². The molecule has 4 nitrogen and oxygen atoms in total. The Kier molecular flexibility index (Phi) is 5.01. The smallest absolute Gasteiger partial charge is 0.275 e. The maximum Gasteiger partial charge on any atom is 0.275 e. The van der Waals surface area contributed by atoms with Crippen LogP contribution in [0.5, 0.6) is 5.75 Å². The molecular formula is C16H25N2O2+. The van der Waals surface area contributed by atoms with Crippen molar-refractivity contribution in [2.24, 2.45) is 5.92 Å². The molecule has 0 aromatic heterocycles. The van der Waals surface area contributed by atoms with Crippen LogP contribution in [-0.4, -0.2) is 32.7 Å². The van der Waals surface area contributed by atoms with Crippen LogP contribution < -0.4 is 15.0 Å². The molecule has 1 aromatic carbocycles. The minimum Gasteiger partial charge on any atom is -0.497 e. The standard InChI is InChI=1S/C16H24N2O2/c1-12(14-6-7-14)17-16(19)11-18(2)10-13-4-8-15(20-3)9-5-13/h4-5,8-9,12,14H,6-7,10-11H2,1-3H3,(H,17,19)/p+1/t12-/m1/s1. The number of hydrogen-bond donors (Lipinski definition) is 2. The average Bonchev–Trinajstić information content (AvgIpc) is 3.23. The minimum absolute atomic E-state index is 0.149. The number of hydrogen-bond acceptors (Lipinski definition) is 2. The van der Waals surface area contributed by atoms with E-state index in [-0.39, 0.29) is 5.91 Å². The van der Waals surface area contributed by atoms with Crippen LogP contribution in [0.3, 0.4) is 0 Å². The molecule has 1 aliphatic rings. The van der Waals surface area contributed by atoms with Gasteiger partial charge in [0.2, 0.25) is 0 Å². The first kappa shape index (κ1) is 14.9. The third-order valence-electron chi connectivity index (χ3n) is 3.85. The summed E-state index contributed by atoms with van der Waals surface area (Å²) in [7, 11) is 3.71. The van der Waals surface area contributed by atoms with Gasteiger partial charge in [-0.3, -0.25) is 4.79 Å². The molecule has 1 aromatic rings. The fraction of sp³-hybridized carbons (Fsp3) is 0.562. The molecule has 0 spiro atoms. The predicted octanol–water partition coefficient (Wildman–Crippen LogP) is 0.625. The minimum atomic E-state index is 0.149. The topological polar surface area (TPSA) is 42.8 Å². The largest absolute Gasteiger partial charge is 0.497 e. The Labute approximate surface area is 121 Å². The van der Waals surface area contributed by atoms with E-state index < -0.39 is 0 Å². The van der Waals surface area contributed by atoms with Gasteiger partial charge in [0.25, 0.3) is 5.91 Å². The average molecular weight is 277 g/mol. The zero-order chi connectivity index (χ0) is 14.5. The summed E-state index contributed by atoms with van der Waals surface area (Å²) >= 11 is 0. The summed E-state index contributed by atoms with van der Waals surface area (Å²) in [5.41, 5.74) is 1.21. The van der Waals surface area contributed by atoms with Gasteiger partial charge >= 0.3 is 0 Å². The SMILES string of the molecule is COc1ccc(C[NH+](C)CC(=O)N[C@H](C)C2CC2)cc1.